The Morgan fingerprint density at radius 3 is 2.67 bits per heavy atom. The molecule has 100 valence electrons. The van der Waals surface area contributed by atoms with Crippen molar-refractivity contribution in [2.24, 2.45) is 0 Å². The number of aryl methyl sites for hydroxylation is 1. The summed E-state index contributed by atoms with van der Waals surface area (Å²) in [5, 5.41) is 1.00. The van der Waals surface area contributed by atoms with Gasteiger partial charge in [-0.15, -0.1) is 0 Å². The smallest absolute Gasteiger partial charge is 0.306 e. The molecular formula is C11H18N4O2S. The van der Waals surface area contributed by atoms with Gasteiger partial charge in [-0.05, 0) is 6.92 Å². The molecule has 0 amide bonds. The van der Waals surface area contributed by atoms with E-state index < -0.39 is 0 Å². The Bertz CT molecular complexity index is 402. The van der Waals surface area contributed by atoms with Crippen LogP contribution in [-0.4, -0.2) is 60.1 Å². The van der Waals surface area contributed by atoms with Crippen molar-refractivity contribution in [1.82, 2.24) is 14.3 Å². The predicted molar refractivity (Wildman–Crippen MR) is 69.9 cm³/mol. The second-order valence-electron chi connectivity index (χ2n) is 4.28. The van der Waals surface area contributed by atoms with Gasteiger partial charge in [-0.2, -0.15) is 4.37 Å². The molecule has 0 saturated carbocycles. The molecule has 0 aromatic carbocycles. The van der Waals surface area contributed by atoms with Crippen LogP contribution in [0.25, 0.3) is 0 Å². The molecule has 18 heavy (non-hydrogen) atoms. The Labute approximate surface area is 111 Å². The Balaban J connectivity index is 1.76. The highest BCUT2D eigenvalue weighted by molar-refractivity contribution is 7.09. The molecule has 1 aliphatic heterocycles. The number of piperazine rings is 1. The maximum absolute atomic E-state index is 11.1. The van der Waals surface area contributed by atoms with E-state index in [0.29, 0.717) is 6.42 Å². The monoisotopic (exact) mass is 270 g/mol. The minimum Gasteiger partial charge on any atom is -0.469 e. The fraction of sp³-hybridized carbons (Fsp3) is 0.727. The molecule has 0 unspecified atom stereocenters. The summed E-state index contributed by atoms with van der Waals surface area (Å²) in [5.74, 6) is 0.695. The Hall–Kier alpha value is -1.21. The molecule has 1 saturated heterocycles. The number of nitrogens with zero attached hydrogens (tertiary/aromatic N) is 4. The molecule has 0 aliphatic carbocycles. The van der Waals surface area contributed by atoms with Crippen molar-refractivity contribution < 1.29 is 9.53 Å². The van der Waals surface area contributed by atoms with Gasteiger partial charge in [-0.3, -0.25) is 9.69 Å². The summed E-state index contributed by atoms with van der Waals surface area (Å²) < 4.78 is 8.84. The molecule has 0 atom stereocenters. The first-order chi connectivity index (χ1) is 8.69. The summed E-state index contributed by atoms with van der Waals surface area (Å²) in [4.78, 5) is 20.0. The van der Waals surface area contributed by atoms with Crippen LogP contribution in [0, 0.1) is 6.92 Å². The van der Waals surface area contributed by atoms with Crippen molar-refractivity contribution in [3.05, 3.63) is 5.82 Å². The maximum atomic E-state index is 11.1. The maximum Gasteiger partial charge on any atom is 0.306 e. The minimum absolute atomic E-state index is 0.142. The summed E-state index contributed by atoms with van der Waals surface area (Å²) in [7, 11) is 1.43. The van der Waals surface area contributed by atoms with E-state index in [1.807, 2.05) is 6.92 Å². The van der Waals surface area contributed by atoms with Crippen LogP contribution in [-0.2, 0) is 9.53 Å². The Kier molecular flexibility index (Phi) is 4.48. The molecule has 6 nitrogen and oxygen atoms in total. The van der Waals surface area contributed by atoms with Crippen LogP contribution < -0.4 is 4.90 Å². The average Bonchev–Trinajstić information content (AvgIpc) is 2.83. The largest absolute Gasteiger partial charge is 0.469 e. The lowest BCUT2D eigenvalue weighted by Crippen LogP contribution is -2.46. The zero-order valence-electron chi connectivity index (χ0n) is 10.8. The average molecular weight is 270 g/mol. The van der Waals surface area contributed by atoms with Crippen LogP contribution in [0.15, 0.2) is 0 Å². The van der Waals surface area contributed by atoms with Crippen molar-refractivity contribution in [3.63, 3.8) is 0 Å². The van der Waals surface area contributed by atoms with Crippen molar-refractivity contribution >= 4 is 22.6 Å². The number of ether oxygens (including phenoxy) is 1. The van der Waals surface area contributed by atoms with Crippen molar-refractivity contribution in [2.45, 2.75) is 13.3 Å². The van der Waals surface area contributed by atoms with Crippen molar-refractivity contribution in [3.8, 4) is 0 Å². The zero-order chi connectivity index (χ0) is 13.0. The van der Waals surface area contributed by atoms with E-state index in [0.717, 1.165) is 43.7 Å². The van der Waals surface area contributed by atoms with Gasteiger partial charge >= 0.3 is 5.97 Å². The highest BCUT2D eigenvalue weighted by atomic mass is 32.1. The van der Waals surface area contributed by atoms with Crippen molar-refractivity contribution in [1.29, 1.82) is 0 Å². The SMILES string of the molecule is COC(=O)CCN1CCN(c2nc(C)ns2)CC1. The molecule has 1 aromatic rings. The van der Waals surface area contributed by atoms with E-state index >= 15 is 0 Å². The molecule has 0 radical (unpaired) electrons. The van der Waals surface area contributed by atoms with Crippen LogP contribution >= 0.6 is 11.5 Å². The van der Waals surface area contributed by atoms with E-state index in [1.54, 1.807) is 0 Å². The Morgan fingerprint density at radius 1 is 1.39 bits per heavy atom. The summed E-state index contributed by atoms with van der Waals surface area (Å²) in [5.41, 5.74) is 0. The van der Waals surface area contributed by atoms with E-state index in [2.05, 4.69) is 23.9 Å². The van der Waals surface area contributed by atoms with Crippen LogP contribution in [0.1, 0.15) is 12.2 Å². The van der Waals surface area contributed by atoms with Gasteiger partial charge in [-0.25, -0.2) is 4.98 Å². The van der Waals surface area contributed by atoms with Gasteiger partial charge in [0, 0.05) is 44.3 Å². The third-order valence-electron chi connectivity index (χ3n) is 3.02. The molecule has 2 heterocycles. The summed E-state index contributed by atoms with van der Waals surface area (Å²) in [6, 6.07) is 0. The molecule has 0 bridgehead atoms. The number of aromatic nitrogens is 2. The standard InChI is InChI=1S/C11H18N4O2S/c1-9-12-11(18-13-9)15-7-5-14(6-8-15)4-3-10(16)17-2/h3-8H2,1-2H3. The lowest BCUT2D eigenvalue weighted by atomic mass is 10.3. The number of esters is 1. The number of rotatable bonds is 4. The highest BCUT2D eigenvalue weighted by Gasteiger charge is 2.19. The third-order valence-corrected chi connectivity index (χ3v) is 3.89. The first kappa shape index (κ1) is 13.2. The summed E-state index contributed by atoms with van der Waals surface area (Å²) in [6.45, 7) is 6.47. The van der Waals surface area contributed by atoms with Gasteiger partial charge < -0.3 is 9.64 Å². The van der Waals surface area contributed by atoms with Crippen LogP contribution in [0.2, 0.25) is 0 Å². The second-order valence-corrected chi connectivity index (χ2v) is 5.01. The Morgan fingerprint density at radius 2 is 2.11 bits per heavy atom. The first-order valence-corrected chi connectivity index (χ1v) is 6.81. The van der Waals surface area contributed by atoms with Crippen LogP contribution in [0.4, 0.5) is 5.13 Å². The van der Waals surface area contributed by atoms with E-state index in [4.69, 9.17) is 0 Å². The first-order valence-electron chi connectivity index (χ1n) is 6.03. The van der Waals surface area contributed by atoms with Gasteiger partial charge in [0.15, 0.2) is 0 Å². The normalized spacial score (nSPS) is 16.9. The number of methoxy groups -OCH3 is 1. The van der Waals surface area contributed by atoms with Crippen molar-refractivity contribution in [2.75, 3.05) is 44.7 Å². The van der Waals surface area contributed by atoms with Gasteiger partial charge in [0.25, 0.3) is 0 Å². The molecule has 7 heteroatoms. The highest BCUT2D eigenvalue weighted by Crippen LogP contribution is 2.18. The lowest BCUT2D eigenvalue weighted by molar-refractivity contribution is -0.141. The molecule has 2 rings (SSSR count). The minimum atomic E-state index is -0.142. The van der Waals surface area contributed by atoms with E-state index in [9.17, 15) is 4.79 Å². The third kappa shape index (κ3) is 3.39. The number of hydrogen-bond acceptors (Lipinski definition) is 7. The van der Waals surface area contributed by atoms with Gasteiger partial charge in [0.1, 0.15) is 5.82 Å². The number of anilines is 1. The number of carbonyl (C=O) groups excluding carboxylic acids is 1. The molecular weight excluding hydrogens is 252 g/mol. The second kappa shape index (κ2) is 6.10. The molecule has 0 N–H and O–H groups in total. The van der Waals surface area contributed by atoms with Gasteiger partial charge in [-0.1, -0.05) is 0 Å². The number of carbonyl (C=O) groups is 1. The van der Waals surface area contributed by atoms with Gasteiger partial charge in [0.2, 0.25) is 5.13 Å². The summed E-state index contributed by atoms with van der Waals surface area (Å²) in [6.07, 6.45) is 0.467. The predicted octanol–water partition coefficient (Wildman–Crippen LogP) is 0.532. The van der Waals surface area contributed by atoms with Gasteiger partial charge in [0.05, 0.1) is 13.5 Å². The van der Waals surface area contributed by atoms with Crippen LogP contribution in [0.5, 0.6) is 0 Å². The molecule has 1 aromatic heterocycles. The fourth-order valence-corrected chi connectivity index (χ4v) is 2.65. The van der Waals surface area contributed by atoms with E-state index in [-0.39, 0.29) is 5.97 Å². The topological polar surface area (TPSA) is 58.6 Å². The number of hydrogen-bond donors (Lipinski definition) is 0. The lowest BCUT2D eigenvalue weighted by Gasteiger charge is -2.34. The van der Waals surface area contributed by atoms with Crippen LogP contribution in [0.3, 0.4) is 0 Å². The molecule has 0 spiro atoms. The fourth-order valence-electron chi connectivity index (χ4n) is 1.93. The summed E-state index contributed by atoms with van der Waals surface area (Å²) >= 11 is 1.45. The molecule has 1 fully saturated rings. The zero-order valence-corrected chi connectivity index (χ0v) is 11.6. The quantitative estimate of drug-likeness (QED) is 0.744. The molecule has 1 aliphatic rings. The van der Waals surface area contributed by atoms with E-state index in [1.165, 1.54) is 18.6 Å².